The Kier molecular flexibility index (Phi) is 5.21. The van der Waals surface area contributed by atoms with Crippen LogP contribution in [0.5, 0.6) is 0 Å². The average molecular weight is 319 g/mol. The van der Waals surface area contributed by atoms with Crippen molar-refractivity contribution in [2.24, 2.45) is 0 Å². The number of hydrogen-bond donors (Lipinski definition) is 2. The highest BCUT2D eigenvalue weighted by Crippen LogP contribution is 2.23. The summed E-state index contributed by atoms with van der Waals surface area (Å²) < 4.78 is 1.25. The molecule has 2 rings (SSSR count). The molecule has 0 saturated heterocycles. The van der Waals surface area contributed by atoms with E-state index in [4.69, 9.17) is 5.11 Å². The van der Waals surface area contributed by atoms with Crippen molar-refractivity contribution in [2.75, 3.05) is 5.32 Å². The van der Waals surface area contributed by atoms with Crippen molar-refractivity contribution in [3.63, 3.8) is 0 Å². The Morgan fingerprint density at radius 1 is 1.27 bits per heavy atom. The summed E-state index contributed by atoms with van der Waals surface area (Å²) in [6.07, 6.45) is 1.51. The van der Waals surface area contributed by atoms with Gasteiger partial charge in [0.1, 0.15) is 6.54 Å². The number of benzene rings is 1. The number of rotatable bonds is 6. The first-order chi connectivity index (χ1) is 10.4. The van der Waals surface area contributed by atoms with Crippen LogP contribution in [0.1, 0.15) is 24.2 Å². The molecule has 116 valence electrons. The van der Waals surface area contributed by atoms with E-state index in [2.05, 4.69) is 24.3 Å². The number of nitrogens with zero attached hydrogens (tertiary/aromatic N) is 2. The maximum Gasteiger partial charge on any atom is 0.325 e. The molecule has 22 heavy (non-hydrogen) atoms. The minimum atomic E-state index is -0.987. The summed E-state index contributed by atoms with van der Waals surface area (Å²) in [7, 11) is 0. The predicted molar refractivity (Wildman–Crippen MR) is 85.3 cm³/mol. The Morgan fingerprint density at radius 3 is 2.55 bits per heavy atom. The summed E-state index contributed by atoms with van der Waals surface area (Å²) in [5.41, 5.74) is 0.529. The van der Waals surface area contributed by atoms with Crippen LogP contribution in [0.2, 0.25) is 0 Å². The molecule has 0 bridgehead atoms. The van der Waals surface area contributed by atoms with Gasteiger partial charge in [-0.1, -0.05) is 13.8 Å². The van der Waals surface area contributed by atoms with Gasteiger partial charge in [0.2, 0.25) is 0 Å². The van der Waals surface area contributed by atoms with Crippen molar-refractivity contribution in [3.8, 4) is 0 Å². The number of nitrogens with one attached hydrogen (secondary N) is 1. The lowest BCUT2D eigenvalue weighted by Crippen LogP contribution is -2.14. The minimum absolute atomic E-state index is 0.239. The zero-order chi connectivity index (χ0) is 16.1. The van der Waals surface area contributed by atoms with E-state index >= 15 is 0 Å². The second-order valence-electron chi connectivity index (χ2n) is 4.94. The van der Waals surface area contributed by atoms with E-state index in [0.717, 1.165) is 4.90 Å². The molecule has 1 aromatic carbocycles. The van der Waals surface area contributed by atoms with Gasteiger partial charge in [-0.2, -0.15) is 5.10 Å². The lowest BCUT2D eigenvalue weighted by atomic mass is 10.2. The van der Waals surface area contributed by atoms with Crippen LogP contribution >= 0.6 is 11.8 Å². The first-order valence-electron chi connectivity index (χ1n) is 6.77. The number of amides is 1. The average Bonchev–Trinajstić information content (AvgIpc) is 2.85. The summed E-state index contributed by atoms with van der Waals surface area (Å²) in [5, 5.41) is 15.8. The van der Waals surface area contributed by atoms with E-state index in [1.54, 1.807) is 30.0 Å². The van der Waals surface area contributed by atoms with Gasteiger partial charge in [-0.05, 0) is 24.3 Å². The van der Waals surface area contributed by atoms with E-state index in [1.807, 2.05) is 12.1 Å². The number of carboxylic acid groups (broad SMARTS) is 1. The van der Waals surface area contributed by atoms with Crippen LogP contribution < -0.4 is 5.32 Å². The molecule has 2 N–H and O–H groups in total. The molecule has 0 fully saturated rings. The number of hydrogen-bond acceptors (Lipinski definition) is 4. The third-order valence-electron chi connectivity index (χ3n) is 2.67. The predicted octanol–water partition coefficient (Wildman–Crippen LogP) is 2.72. The lowest BCUT2D eigenvalue weighted by Gasteiger charge is -2.06. The molecular weight excluding hydrogens is 302 g/mol. The third-order valence-corrected chi connectivity index (χ3v) is 3.68. The molecule has 1 aromatic heterocycles. The van der Waals surface area contributed by atoms with Crippen LogP contribution in [0.4, 0.5) is 5.82 Å². The Labute approximate surface area is 132 Å². The van der Waals surface area contributed by atoms with Crippen molar-refractivity contribution in [1.29, 1.82) is 0 Å². The standard InChI is InChI=1S/C15H17N3O3S/c1-10(2)22-12-5-3-11(4-6-12)15(21)16-13-7-8-18(17-13)9-14(19)20/h3-8,10H,9H2,1-2H3,(H,19,20)(H,16,17,21). The Balaban J connectivity index is 1.99. The molecule has 0 radical (unpaired) electrons. The second-order valence-corrected chi connectivity index (χ2v) is 6.59. The Bertz CT molecular complexity index is 665. The van der Waals surface area contributed by atoms with Crippen LogP contribution in [0.25, 0.3) is 0 Å². The van der Waals surface area contributed by atoms with E-state index < -0.39 is 5.97 Å². The van der Waals surface area contributed by atoms with Gasteiger partial charge >= 0.3 is 5.97 Å². The SMILES string of the molecule is CC(C)Sc1ccc(C(=O)Nc2ccn(CC(=O)O)n2)cc1. The molecule has 0 spiro atoms. The molecule has 0 unspecified atom stereocenters. The molecule has 2 aromatic rings. The quantitative estimate of drug-likeness (QED) is 0.800. The summed E-state index contributed by atoms with van der Waals surface area (Å²) in [6, 6.07) is 8.89. The van der Waals surface area contributed by atoms with Gasteiger partial charge in [0.05, 0.1) is 0 Å². The first kappa shape index (κ1) is 16.1. The molecule has 1 amide bonds. The summed E-state index contributed by atoms with van der Waals surface area (Å²) in [6.45, 7) is 3.98. The molecule has 0 aliphatic rings. The van der Waals surface area contributed by atoms with Crippen LogP contribution in [-0.4, -0.2) is 32.0 Å². The van der Waals surface area contributed by atoms with Gasteiger partial charge < -0.3 is 10.4 Å². The highest BCUT2D eigenvalue weighted by atomic mass is 32.2. The number of aliphatic carboxylic acids is 1. The number of anilines is 1. The van der Waals surface area contributed by atoms with Crippen LogP contribution in [0.15, 0.2) is 41.4 Å². The third kappa shape index (κ3) is 4.63. The molecule has 6 nitrogen and oxygen atoms in total. The topological polar surface area (TPSA) is 84.2 Å². The van der Waals surface area contributed by atoms with E-state index in [9.17, 15) is 9.59 Å². The monoisotopic (exact) mass is 319 g/mol. The smallest absolute Gasteiger partial charge is 0.325 e. The van der Waals surface area contributed by atoms with Crippen molar-refractivity contribution in [3.05, 3.63) is 42.1 Å². The molecule has 1 heterocycles. The van der Waals surface area contributed by atoms with Gasteiger partial charge in [-0.25, -0.2) is 0 Å². The fourth-order valence-corrected chi connectivity index (χ4v) is 2.64. The Hall–Kier alpha value is -2.28. The summed E-state index contributed by atoms with van der Waals surface area (Å²) in [4.78, 5) is 23.8. The number of carbonyl (C=O) groups is 2. The van der Waals surface area contributed by atoms with E-state index in [1.165, 1.54) is 10.9 Å². The van der Waals surface area contributed by atoms with Crippen LogP contribution in [-0.2, 0) is 11.3 Å². The molecule has 0 aliphatic carbocycles. The van der Waals surface area contributed by atoms with Gasteiger partial charge in [-0.15, -0.1) is 11.8 Å². The van der Waals surface area contributed by atoms with Crippen LogP contribution in [0.3, 0.4) is 0 Å². The number of carboxylic acids is 1. The number of aromatic nitrogens is 2. The highest BCUT2D eigenvalue weighted by Gasteiger charge is 2.09. The zero-order valence-electron chi connectivity index (χ0n) is 12.3. The normalized spacial score (nSPS) is 10.7. The fraction of sp³-hybridized carbons (Fsp3) is 0.267. The molecule has 0 atom stereocenters. The second kappa shape index (κ2) is 7.13. The van der Waals surface area contributed by atoms with E-state index in [-0.39, 0.29) is 12.5 Å². The van der Waals surface area contributed by atoms with Crippen molar-refractivity contribution in [1.82, 2.24) is 9.78 Å². The van der Waals surface area contributed by atoms with Crippen molar-refractivity contribution in [2.45, 2.75) is 30.5 Å². The lowest BCUT2D eigenvalue weighted by molar-refractivity contribution is -0.137. The van der Waals surface area contributed by atoms with Gasteiger partial charge in [0, 0.05) is 28.0 Å². The Morgan fingerprint density at radius 2 is 1.95 bits per heavy atom. The van der Waals surface area contributed by atoms with E-state index in [0.29, 0.717) is 16.6 Å². The maximum absolute atomic E-state index is 12.1. The van der Waals surface area contributed by atoms with Gasteiger partial charge in [0.25, 0.3) is 5.91 Å². The zero-order valence-corrected chi connectivity index (χ0v) is 13.1. The molecule has 0 aliphatic heterocycles. The van der Waals surface area contributed by atoms with Gasteiger partial charge in [0.15, 0.2) is 5.82 Å². The van der Waals surface area contributed by atoms with Crippen LogP contribution in [0, 0.1) is 0 Å². The molecule has 7 heteroatoms. The van der Waals surface area contributed by atoms with Crippen molar-refractivity contribution < 1.29 is 14.7 Å². The first-order valence-corrected chi connectivity index (χ1v) is 7.65. The highest BCUT2D eigenvalue weighted by molar-refractivity contribution is 7.99. The minimum Gasteiger partial charge on any atom is -0.480 e. The fourth-order valence-electron chi connectivity index (χ4n) is 1.80. The largest absolute Gasteiger partial charge is 0.480 e. The van der Waals surface area contributed by atoms with Gasteiger partial charge in [-0.3, -0.25) is 14.3 Å². The number of carbonyl (C=O) groups excluding carboxylic acids is 1. The summed E-state index contributed by atoms with van der Waals surface area (Å²) in [5.74, 6) is -0.937. The molecule has 0 saturated carbocycles. The maximum atomic E-state index is 12.1. The van der Waals surface area contributed by atoms with Crippen molar-refractivity contribution >= 4 is 29.5 Å². The summed E-state index contributed by atoms with van der Waals surface area (Å²) >= 11 is 1.73. The number of thioether (sulfide) groups is 1. The molecular formula is C15H17N3O3S.